The Morgan fingerprint density at radius 1 is 1.60 bits per heavy atom. The van der Waals surface area contributed by atoms with Gasteiger partial charge in [0, 0.05) is 24.2 Å². The first kappa shape index (κ1) is 22.2. The standard InChI is InChI=1S/C19H29ClFN3S/c1-4-17-8-5-6-9-18(11-10-17)23-22-12-7-13-24(25)16(3)19(20)14-15(2)21/h4,6,8-9,14,16,18,22-23,25H,1-2,5,7,10-13H2,3H3/b9-6?,17-8-,19-14+. The number of allylic oxidation sites excluding steroid dienone is 6. The molecule has 2 unspecified atom stereocenters. The van der Waals surface area contributed by atoms with Crippen molar-refractivity contribution in [3.63, 3.8) is 0 Å². The Kier molecular flexibility index (Phi) is 11.1. The Balaban J connectivity index is 2.24. The highest BCUT2D eigenvalue weighted by molar-refractivity contribution is 7.77. The van der Waals surface area contributed by atoms with E-state index in [0.29, 0.717) is 11.1 Å². The molecule has 0 saturated carbocycles. The van der Waals surface area contributed by atoms with Gasteiger partial charge in [0.2, 0.25) is 0 Å². The van der Waals surface area contributed by atoms with Gasteiger partial charge in [-0.2, -0.15) is 0 Å². The van der Waals surface area contributed by atoms with E-state index in [2.05, 4.69) is 55.1 Å². The fourth-order valence-electron chi connectivity index (χ4n) is 2.43. The Morgan fingerprint density at radius 2 is 2.36 bits per heavy atom. The highest BCUT2D eigenvalue weighted by Gasteiger charge is 2.13. The van der Waals surface area contributed by atoms with E-state index in [-0.39, 0.29) is 6.04 Å². The fraction of sp³-hybridized carbons (Fsp3) is 0.474. The highest BCUT2D eigenvalue weighted by atomic mass is 35.5. The van der Waals surface area contributed by atoms with Crippen LogP contribution < -0.4 is 10.9 Å². The first-order valence-electron chi connectivity index (χ1n) is 8.57. The van der Waals surface area contributed by atoms with Gasteiger partial charge in [0.05, 0.1) is 6.04 Å². The van der Waals surface area contributed by atoms with Crippen LogP contribution in [0.1, 0.15) is 32.6 Å². The molecule has 0 aliphatic heterocycles. The lowest BCUT2D eigenvalue weighted by Crippen LogP contribution is -2.41. The summed E-state index contributed by atoms with van der Waals surface area (Å²) in [6.45, 7) is 10.4. The molecule has 0 aromatic carbocycles. The molecule has 0 amide bonds. The van der Waals surface area contributed by atoms with Gasteiger partial charge in [-0.3, -0.25) is 10.9 Å². The molecule has 0 aromatic heterocycles. The van der Waals surface area contributed by atoms with Crippen molar-refractivity contribution in [1.29, 1.82) is 0 Å². The second-order valence-electron chi connectivity index (χ2n) is 6.03. The average molecular weight is 386 g/mol. The van der Waals surface area contributed by atoms with Crippen LogP contribution in [-0.2, 0) is 0 Å². The molecule has 3 nitrogen and oxygen atoms in total. The van der Waals surface area contributed by atoms with Gasteiger partial charge >= 0.3 is 0 Å². The lowest BCUT2D eigenvalue weighted by Gasteiger charge is -2.23. The van der Waals surface area contributed by atoms with Crippen LogP contribution in [-0.4, -0.2) is 29.5 Å². The summed E-state index contributed by atoms with van der Waals surface area (Å²) >= 11 is 10.5. The summed E-state index contributed by atoms with van der Waals surface area (Å²) in [4.78, 5) is 0. The highest BCUT2D eigenvalue weighted by Crippen LogP contribution is 2.18. The van der Waals surface area contributed by atoms with Gasteiger partial charge in [-0.05, 0) is 38.7 Å². The molecule has 0 spiro atoms. The zero-order valence-electron chi connectivity index (χ0n) is 14.8. The van der Waals surface area contributed by atoms with Gasteiger partial charge in [-0.1, -0.05) is 67.5 Å². The zero-order valence-corrected chi connectivity index (χ0v) is 16.5. The lowest BCUT2D eigenvalue weighted by atomic mass is 10.0. The van der Waals surface area contributed by atoms with E-state index in [9.17, 15) is 4.39 Å². The monoisotopic (exact) mass is 385 g/mol. The number of hydrazine groups is 1. The van der Waals surface area contributed by atoms with E-state index >= 15 is 0 Å². The van der Waals surface area contributed by atoms with E-state index in [1.54, 1.807) is 4.31 Å². The minimum atomic E-state index is -0.550. The molecule has 0 saturated heterocycles. The second-order valence-corrected chi connectivity index (χ2v) is 6.98. The quantitative estimate of drug-likeness (QED) is 0.165. The van der Waals surface area contributed by atoms with Gasteiger partial charge in [-0.15, -0.1) is 0 Å². The molecule has 0 bridgehead atoms. The van der Waals surface area contributed by atoms with Crippen LogP contribution in [0.5, 0.6) is 0 Å². The third kappa shape index (κ3) is 9.42. The van der Waals surface area contributed by atoms with Gasteiger partial charge in [0.15, 0.2) is 0 Å². The first-order chi connectivity index (χ1) is 11.9. The van der Waals surface area contributed by atoms with Crippen molar-refractivity contribution in [3.05, 3.63) is 60.0 Å². The van der Waals surface area contributed by atoms with Crippen LogP contribution in [0.2, 0.25) is 0 Å². The van der Waals surface area contributed by atoms with E-state index in [0.717, 1.165) is 38.8 Å². The van der Waals surface area contributed by atoms with Crippen LogP contribution in [0.4, 0.5) is 4.39 Å². The molecule has 140 valence electrons. The largest absolute Gasteiger partial charge is 0.257 e. The van der Waals surface area contributed by atoms with Crippen molar-refractivity contribution in [2.75, 3.05) is 13.1 Å². The molecular weight excluding hydrogens is 357 g/mol. The molecule has 0 heterocycles. The zero-order chi connectivity index (χ0) is 18.7. The number of halogens is 2. The van der Waals surface area contributed by atoms with Crippen LogP contribution >= 0.6 is 24.4 Å². The van der Waals surface area contributed by atoms with Crippen molar-refractivity contribution in [2.24, 2.45) is 0 Å². The fourth-order valence-corrected chi connectivity index (χ4v) is 3.00. The van der Waals surface area contributed by atoms with Gasteiger partial charge in [0.1, 0.15) is 5.83 Å². The van der Waals surface area contributed by atoms with Crippen LogP contribution in [0.15, 0.2) is 60.0 Å². The topological polar surface area (TPSA) is 27.3 Å². The molecule has 6 heteroatoms. The average Bonchev–Trinajstić information content (AvgIpc) is 2.55. The van der Waals surface area contributed by atoms with Crippen molar-refractivity contribution in [3.8, 4) is 0 Å². The summed E-state index contributed by atoms with van der Waals surface area (Å²) < 4.78 is 14.6. The van der Waals surface area contributed by atoms with Gasteiger partial charge < -0.3 is 0 Å². The third-order valence-electron chi connectivity index (χ3n) is 4.01. The van der Waals surface area contributed by atoms with Crippen LogP contribution in [0.3, 0.4) is 0 Å². The minimum absolute atomic E-state index is 0.164. The van der Waals surface area contributed by atoms with Crippen molar-refractivity contribution in [2.45, 2.75) is 44.7 Å². The number of thiol groups is 1. The lowest BCUT2D eigenvalue weighted by molar-refractivity contribution is 0.392. The summed E-state index contributed by atoms with van der Waals surface area (Å²) in [7, 11) is 0. The molecule has 1 rings (SSSR count). The number of hydrogen-bond acceptors (Lipinski definition) is 4. The second kappa shape index (κ2) is 12.5. The van der Waals surface area contributed by atoms with Gasteiger partial charge in [0.25, 0.3) is 0 Å². The maximum atomic E-state index is 12.8. The molecular formula is C19H29ClFN3S. The van der Waals surface area contributed by atoms with Gasteiger partial charge in [-0.25, -0.2) is 8.70 Å². The van der Waals surface area contributed by atoms with Crippen LogP contribution in [0.25, 0.3) is 0 Å². The molecule has 0 radical (unpaired) electrons. The summed E-state index contributed by atoms with van der Waals surface area (Å²) in [6.07, 6.45) is 13.6. The Hall–Kier alpha value is -0.850. The molecule has 2 N–H and O–H groups in total. The Labute approximate surface area is 161 Å². The molecule has 25 heavy (non-hydrogen) atoms. The van der Waals surface area contributed by atoms with Crippen molar-refractivity contribution in [1.82, 2.24) is 15.2 Å². The number of nitrogens with one attached hydrogen (secondary N) is 2. The molecule has 1 aliphatic carbocycles. The normalized spacial score (nSPS) is 22.0. The van der Waals surface area contributed by atoms with E-state index in [4.69, 9.17) is 11.6 Å². The SMILES string of the molecule is C=C/C1=C/CC=CC(NNCCCN(S)C(C)/C(Cl)=C\C(=C)F)CC1. The van der Waals surface area contributed by atoms with E-state index < -0.39 is 5.83 Å². The molecule has 1 aliphatic rings. The Morgan fingerprint density at radius 3 is 3.04 bits per heavy atom. The minimum Gasteiger partial charge on any atom is -0.257 e. The number of nitrogens with zero attached hydrogens (tertiary/aromatic N) is 1. The smallest absolute Gasteiger partial charge is 0.117 e. The predicted molar refractivity (Wildman–Crippen MR) is 110 cm³/mol. The summed E-state index contributed by atoms with van der Waals surface area (Å²) in [5.41, 5.74) is 7.91. The summed E-state index contributed by atoms with van der Waals surface area (Å²) in [5, 5.41) is 0.388. The first-order valence-corrected chi connectivity index (χ1v) is 9.35. The maximum absolute atomic E-state index is 12.8. The molecule has 0 fully saturated rings. The summed E-state index contributed by atoms with van der Waals surface area (Å²) in [5.74, 6) is -0.550. The predicted octanol–water partition coefficient (Wildman–Crippen LogP) is 4.83. The maximum Gasteiger partial charge on any atom is 0.117 e. The Bertz CT molecular complexity index is 531. The van der Waals surface area contributed by atoms with E-state index in [1.165, 1.54) is 11.6 Å². The van der Waals surface area contributed by atoms with Crippen LogP contribution in [0, 0.1) is 0 Å². The summed E-state index contributed by atoms with van der Waals surface area (Å²) in [6, 6.07) is 0.144. The number of hydrogen-bond donors (Lipinski definition) is 3. The molecule has 0 aromatic rings. The van der Waals surface area contributed by atoms with E-state index in [1.807, 2.05) is 13.0 Å². The van der Waals surface area contributed by atoms with Crippen molar-refractivity contribution < 1.29 is 4.39 Å². The third-order valence-corrected chi connectivity index (χ3v) is 4.98. The molecule has 2 atom stereocenters. The van der Waals surface area contributed by atoms with Crippen molar-refractivity contribution >= 4 is 24.4 Å². The number of rotatable bonds is 10.